The molecule has 35 heavy (non-hydrogen) atoms. The zero-order valence-electron chi connectivity index (χ0n) is 24.5. The minimum atomic E-state index is -2.57. The molecular weight excluding hydrogens is 476 g/mol. The molecule has 0 unspecified atom stereocenters. The molecule has 0 atom stereocenters. The van der Waals surface area contributed by atoms with Crippen molar-refractivity contribution in [2.45, 2.75) is 131 Å². The van der Waals surface area contributed by atoms with Gasteiger partial charge in [-0.3, -0.25) is 0 Å². The van der Waals surface area contributed by atoms with Crippen molar-refractivity contribution < 1.29 is 26.6 Å². The summed E-state index contributed by atoms with van der Waals surface area (Å²) in [5, 5.41) is 0. The second-order valence-corrected chi connectivity index (χ2v) is 14.5. The van der Waals surface area contributed by atoms with E-state index in [-0.39, 0.29) is 18.3 Å². The van der Waals surface area contributed by atoms with E-state index in [2.05, 4.69) is 13.2 Å². The lowest BCUT2D eigenvalue weighted by Crippen LogP contribution is -2.50. The minimum Gasteiger partial charge on any atom is -0.374 e. The summed E-state index contributed by atoms with van der Waals surface area (Å²) in [6.07, 6.45) is 10.8. The Balaban J connectivity index is 0. The predicted octanol–water partition coefficient (Wildman–Crippen LogP) is 7.95. The molecule has 210 valence electrons. The van der Waals surface area contributed by atoms with Gasteiger partial charge in [0.1, 0.15) is 0 Å². The maximum atomic E-state index is 6.11. The Labute approximate surface area is 220 Å². The molecule has 0 fully saturated rings. The quantitative estimate of drug-likeness (QED) is 0.0798. The van der Waals surface area contributed by atoms with Gasteiger partial charge in [-0.2, -0.15) is 0 Å². The van der Waals surface area contributed by atoms with Crippen LogP contribution in [0.15, 0.2) is 25.3 Å². The number of hydrogen-bond donors (Lipinski definition) is 0. The first-order valence-electron chi connectivity index (χ1n) is 13.7. The highest BCUT2D eigenvalue weighted by Gasteiger charge is 2.43. The number of rotatable bonds is 22. The molecular formula is C27H58O6Si2. The van der Waals surface area contributed by atoms with Crippen LogP contribution < -0.4 is 0 Å². The van der Waals surface area contributed by atoms with Crippen molar-refractivity contribution in [3.8, 4) is 0 Å². The average molecular weight is 535 g/mol. The van der Waals surface area contributed by atoms with Crippen molar-refractivity contribution >= 4 is 17.6 Å². The third-order valence-electron chi connectivity index (χ3n) is 4.62. The largest absolute Gasteiger partial charge is 0.501 e. The monoisotopic (exact) mass is 534 g/mol. The van der Waals surface area contributed by atoms with Crippen molar-refractivity contribution in [2.24, 2.45) is 0 Å². The Bertz CT molecular complexity index is 457. The Kier molecular flexibility index (Phi) is 24.0. The van der Waals surface area contributed by atoms with E-state index in [0.29, 0.717) is 19.8 Å². The summed E-state index contributed by atoms with van der Waals surface area (Å²) in [6.45, 7) is 27.7. The third-order valence-corrected chi connectivity index (χ3v) is 11.2. The van der Waals surface area contributed by atoms with Crippen molar-refractivity contribution in [3.05, 3.63) is 25.3 Å². The standard InChI is InChI=1S/C15H32O3Si.C12H26O3Si/c1-8-9-10-11-12-19(16-13(2)3,17-14(4)5)18-15(6)7;1-5-9-10-11-12-16(13-6-2,14-7-3)15-8-4/h8,13-15H,1,9-12H2,2-7H3;5H,1,6-12H2,2-4H3. The smallest absolute Gasteiger partial charge is 0.374 e. The summed E-state index contributed by atoms with van der Waals surface area (Å²) < 4.78 is 35.6. The van der Waals surface area contributed by atoms with Crippen LogP contribution >= 0.6 is 0 Å². The van der Waals surface area contributed by atoms with Gasteiger partial charge in [0, 0.05) is 50.2 Å². The van der Waals surface area contributed by atoms with Gasteiger partial charge < -0.3 is 26.6 Å². The number of allylic oxidation sites excluding steroid dienone is 2. The molecule has 0 aliphatic rings. The van der Waals surface area contributed by atoms with Crippen molar-refractivity contribution in [1.29, 1.82) is 0 Å². The fraction of sp³-hybridized carbons (Fsp3) is 0.852. The summed E-state index contributed by atoms with van der Waals surface area (Å²) in [6, 6.07) is 1.80. The number of unbranched alkanes of at least 4 members (excludes halogenated alkanes) is 4. The molecule has 0 aromatic carbocycles. The fourth-order valence-corrected chi connectivity index (χ4v) is 9.64. The SMILES string of the molecule is C=CCCCC[Si](OC(C)C)(OC(C)C)OC(C)C.C=CCCCC[Si](OCC)(OCC)OCC. The highest BCUT2D eigenvalue weighted by Crippen LogP contribution is 2.25. The molecule has 0 rings (SSSR count). The van der Waals surface area contributed by atoms with Gasteiger partial charge in [0.15, 0.2) is 0 Å². The lowest BCUT2D eigenvalue weighted by molar-refractivity contribution is 0.00280. The van der Waals surface area contributed by atoms with E-state index < -0.39 is 17.6 Å². The Morgan fingerprint density at radius 1 is 0.543 bits per heavy atom. The van der Waals surface area contributed by atoms with Crippen LogP contribution in [0.3, 0.4) is 0 Å². The zero-order valence-corrected chi connectivity index (χ0v) is 26.5. The molecule has 0 amide bonds. The summed E-state index contributed by atoms with van der Waals surface area (Å²) in [5.74, 6) is 0. The summed E-state index contributed by atoms with van der Waals surface area (Å²) in [7, 11) is -4.95. The summed E-state index contributed by atoms with van der Waals surface area (Å²) >= 11 is 0. The first-order chi connectivity index (χ1) is 16.6. The maximum absolute atomic E-state index is 6.11. The zero-order chi connectivity index (χ0) is 27.2. The molecule has 0 aliphatic heterocycles. The topological polar surface area (TPSA) is 55.4 Å². The maximum Gasteiger partial charge on any atom is 0.501 e. The highest BCUT2D eigenvalue weighted by atomic mass is 28.4. The molecule has 0 N–H and O–H groups in total. The highest BCUT2D eigenvalue weighted by molar-refractivity contribution is 6.61. The van der Waals surface area contributed by atoms with Gasteiger partial charge in [0.25, 0.3) is 0 Å². The molecule has 8 heteroatoms. The molecule has 0 bridgehead atoms. The van der Waals surface area contributed by atoms with Crippen LogP contribution in [0, 0.1) is 0 Å². The van der Waals surface area contributed by atoms with E-state index in [9.17, 15) is 0 Å². The van der Waals surface area contributed by atoms with Crippen molar-refractivity contribution in [3.63, 3.8) is 0 Å². The third kappa shape index (κ3) is 20.4. The molecule has 0 saturated heterocycles. The molecule has 0 aromatic rings. The van der Waals surface area contributed by atoms with E-state index >= 15 is 0 Å². The molecule has 0 aromatic heterocycles. The second kappa shape index (κ2) is 22.8. The van der Waals surface area contributed by atoms with Crippen molar-refractivity contribution in [2.75, 3.05) is 19.8 Å². The first-order valence-corrected chi connectivity index (χ1v) is 17.6. The van der Waals surface area contributed by atoms with E-state index in [4.69, 9.17) is 26.6 Å². The van der Waals surface area contributed by atoms with Gasteiger partial charge in [0.2, 0.25) is 0 Å². The van der Waals surface area contributed by atoms with Gasteiger partial charge in [-0.1, -0.05) is 12.2 Å². The number of hydrogen-bond acceptors (Lipinski definition) is 6. The Hall–Kier alpha value is -0.326. The van der Waals surface area contributed by atoms with E-state index in [0.717, 1.165) is 50.6 Å². The van der Waals surface area contributed by atoms with Crippen LogP contribution in [0.4, 0.5) is 0 Å². The normalized spacial score (nSPS) is 12.2. The van der Waals surface area contributed by atoms with E-state index in [1.807, 2.05) is 74.5 Å². The van der Waals surface area contributed by atoms with Gasteiger partial charge in [-0.15, -0.1) is 13.2 Å². The molecule has 0 radical (unpaired) electrons. The molecule has 0 aliphatic carbocycles. The average Bonchev–Trinajstić information content (AvgIpc) is 2.74. The molecule has 6 nitrogen and oxygen atoms in total. The summed E-state index contributed by atoms with van der Waals surface area (Å²) in [4.78, 5) is 0. The second-order valence-electron chi connectivity index (χ2n) is 9.23. The van der Waals surface area contributed by atoms with Gasteiger partial charge in [0.05, 0.1) is 0 Å². The van der Waals surface area contributed by atoms with E-state index in [1.165, 1.54) is 0 Å². The lowest BCUT2D eigenvalue weighted by atomic mass is 10.2. The van der Waals surface area contributed by atoms with Crippen LogP contribution in [0.5, 0.6) is 0 Å². The minimum absolute atomic E-state index is 0.128. The molecule has 0 spiro atoms. The van der Waals surface area contributed by atoms with Crippen molar-refractivity contribution in [1.82, 2.24) is 0 Å². The molecule has 0 heterocycles. The lowest BCUT2D eigenvalue weighted by Gasteiger charge is -2.34. The van der Waals surface area contributed by atoms with Crippen LogP contribution in [-0.2, 0) is 26.6 Å². The van der Waals surface area contributed by atoms with Crippen LogP contribution in [0.25, 0.3) is 0 Å². The van der Waals surface area contributed by atoms with Crippen LogP contribution in [-0.4, -0.2) is 55.7 Å². The van der Waals surface area contributed by atoms with Crippen LogP contribution in [0.2, 0.25) is 12.1 Å². The van der Waals surface area contributed by atoms with Crippen LogP contribution in [0.1, 0.15) is 101 Å². The Morgan fingerprint density at radius 3 is 1.11 bits per heavy atom. The predicted molar refractivity (Wildman–Crippen MR) is 153 cm³/mol. The van der Waals surface area contributed by atoms with E-state index in [1.54, 1.807) is 0 Å². The van der Waals surface area contributed by atoms with Gasteiger partial charge in [-0.05, 0) is 101 Å². The van der Waals surface area contributed by atoms with Gasteiger partial charge in [-0.25, -0.2) is 0 Å². The Morgan fingerprint density at radius 2 is 0.857 bits per heavy atom. The fourth-order valence-electron chi connectivity index (χ4n) is 3.60. The summed E-state index contributed by atoms with van der Waals surface area (Å²) in [5.41, 5.74) is 0. The van der Waals surface area contributed by atoms with Gasteiger partial charge >= 0.3 is 17.6 Å². The first kappa shape index (κ1) is 36.8. The molecule has 0 saturated carbocycles.